The summed E-state index contributed by atoms with van der Waals surface area (Å²) < 4.78 is 4.55. The molecule has 1 atom stereocenters. The van der Waals surface area contributed by atoms with Crippen LogP contribution in [-0.4, -0.2) is 30.7 Å². The molecule has 0 aromatic rings. The van der Waals surface area contributed by atoms with Gasteiger partial charge in [-0.2, -0.15) is 0 Å². The maximum absolute atomic E-state index is 9.81. The number of hydrogen-bond acceptors (Lipinski definition) is 3. The standard InChI is InChI=1S/C4H10O2.C4H8O/c1-4(5)3-6-2;1-3-4(2)5/h4-5H,3H2,1-2H3;3H2,1-2H3. The van der Waals surface area contributed by atoms with E-state index in [0.29, 0.717) is 13.0 Å². The molecule has 0 aliphatic heterocycles. The molecule has 0 amide bonds. The fraction of sp³-hybridized carbons (Fsp3) is 0.875. The Kier molecular flexibility index (Phi) is 11.5. The van der Waals surface area contributed by atoms with Crippen LogP contribution in [0.25, 0.3) is 0 Å². The summed E-state index contributed by atoms with van der Waals surface area (Å²) in [6.07, 6.45) is 0.343. The van der Waals surface area contributed by atoms with Gasteiger partial charge in [-0.1, -0.05) is 6.92 Å². The van der Waals surface area contributed by atoms with Crippen molar-refractivity contribution in [3.8, 4) is 0 Å². The quantitative estimate of drug-likeness (QED) is 0.673. The maximum atomic E-state index is 9.81. The maximum Gasteiger partial charge on any atom is 0.129 e. The number of aliphatic hydroxyl groups excluding tert-OH is 1. The molecule has 0 spiro atoms. The molecule has 0 saturated carbocycles. The van der Waals surface area contributed by atoms with Crippen molar-refractivity contribution in [3.05, 3.63) is 0 Å². The summed E-state index contributed by atoms with van der Waals surface area (Å²) in [5, 5.41) is 8.43. The Hall–Kier alpha value is -0.410. The predicted octanol–water partition coefficient (Wildman–Crippen LogP) is 0.999. The van der Waals surface area contributed by atoms with Gasteiger partial charge in [0.2, 0.25) is 0 Å². The summed E-state index contributed by atoms with van der Waals surface area (Å²) in [5.41, 5.74) is 0. The zero-order valence-corrected chi connectivity index (χ0v) is 7.76. The Labute approximate surface area is 68.4 Å². The molecule has 1 N–H and O–H groups in total. The van der Waals surface area contributed by atoms with Crippen molar-refractivity contribution in [2.45, 2.75) is 33.3 Å². The molecule has 3 nitrogen and oxygen atoms in total. The molecule has 0 aromatic carbocycles. The van der Waals surface area contributed by atoms with Gasteiger partial charge in [0.1, 0.15) is 5.78 Å². The first-order valence-electron chi connectivity index (χ1n) is 3.71. The fourth-order valence-electron chi connectivity index (χ4n) is 0.241. The van der Waals surface area contributed by atoms with Crippen LogP contribution in [0.1, 0.15) is 27.2 Å². The fourth-order valence-corrected chi connectivity index (χ4v) is 0.241. The van der Waals surface area contributed by atoms with Crippen molar-refractivity contribution in [2.75, 3.05) is 13.7 Å². The minimum Gasteiger partial charge on any atom is -0.391 e. The number of rotatable bonds is 3. The second kappa shape index (κ2) is 9.59. The van der Waals surface area contributed by atoms with Gasteiger partial charge < -0.3 is 14.6 Å². The molecule has 3 heteroatoms. The molecule has 0 heterocycles. The average Bonchev–Trinajstić information content (AvgIpc) is 1.89. The zero-order chi connectivity index (χ0) is 9.28. The van der Waals surface area contributed by atoms with E-state index >= 15 is 0 Å². The normalized spacial score (nSPS) is 11.4. The summed E-state index contributed by atoms with van der Waals surface area (Å²) in [5.74, 6) is 0.255. The van der Waals surface area contributed by atoms with Crippen molar-refractivity contribution in [1.29, 1.82) is 0 Å². The molecule has 0 aromatic heterocycles. The van der Waals surface area contributed by atoms with Crippen molar-refractivity contribution in [1.82, 2.24) is 0 Å². The van der Waals surface area contributed by atoms with Crippen LogP contribution >= 0.6 is 0 Å². The van der Waals surface area contributed by atoms with Gasteiger partial charge in [0, 0.05) is 13.5 Å². The zero-order valence-electron chi connectivity index (χ0n) is 7.76. The summed E-state index contributed by atoms with van der Waals surface area (Å²) in [7, 11) is 1.56. The highest BCUT2D eigenvalue weighted by Crippen LogP contribution is 1.75. The number of Topliss-reactive ketones (excluding diaryl/α,β-unsaturated/α-hetero) is 1. The van der Waals surface area contributed by atoms with Crippen LogP contribution in [0.4, 0.5) is 0 Å². The second-order valence-electron chi connectivity index (χ2n) is 2.36. The minimum absolute atomic E-state index is 0.255. The Balaban J connectivity index is 0. The van der Waals surface area contributed by atoms with E-state index < -0.39 is 0 Å². The number of hydrogen-bond donors (Lipinski definition) is 1. The van der Waals surface area contributed by atoms with E-state index in [4.69, 9.17) is 5.11 Å². The Morgan fingerprint density at radius 3 is 2.00 bits per heavy atom. The van der Waals surface area contributed by atoms with Crippen LogP contribution in [0, 0.1) is 0 Å². The van der Waals surface area contributed by atoms with E-state index in [-0.39, 0.29) is 11.9 Å². The smallest absolute Gasteiger partial charge is 0.129 e. The number of ketones is 1. The minimum atomic E-state index is -0.324. The van der Waals surface area contributed by atoms with Gasteiger partial charge in [0.15, 0.2) is 0 Å². The van der Waals surface area contributed by atoms with Crippen LogP contribution in [-0.2, 0) is 9.53 Å². The van der Waals surface area contributed by atoms with Crippen LogP contribution in [0.15, 0.2) is 0 Å². The third kappa shape index (κ3) is 26.2. The number of ether oxygens (including phenoxy) is 1. The largest absolute Gasteiger partial charge is 0.391 e. The van der Waals surface area contributed by atoms with Gasteiger partial charge in [0.05, 0.1) is 12.7 Å². The topological polar surface area (TPSA) is 46.5 Å². The summed E-state index contributed by atoms with van der Waals surface area (Å²) in [6.45, 7) is 5.55. The van der Waals surface area contributed by atoms with E-state index in [2.05, 4.69) is 4.74 Å². The lowest BCUT2D eigenvalue weighted by Gasteiger charge is -1.97. The van der Waals surface area contributed by atoms with Crippen LogP contribution in [0.2, 0.25) is 0 Å². The van der Waals surface area contributed by atoms with Crippen LogP contribution in [0.5, 0.6) is 0 Å². The summed E-state index contributed by atoms with van der Waals surface area (Å²) in [6, 6.07) is 0. The second-order valence-corrected chi connectivity index (χ2v) is 2.36. The molecule has 0 radical (unpaired) electrons. The van der Waals surface area contributed by atoms with Gasteiger partial charge >= 0.3 is 0 Å². The molecule has 0 saturated heterocycles. The van der Waals surface area contributed by atoms with Crippen molar-refractivity contribution in [2.24, 2.45) is 0 Å². The molecule has 0 aliphatic rings. The highest BCUT2D eigenvalue weighted by Gasteiger charge is 1.87. The molecular formula is C8H18O3. The van der Waals surface area contributed by atoms with Gasteiger partial charge in [-0.3, -0.25) is 0 Å². The summed E-state index contributed by atoms with van der Waals surface area (Å²) in [4.78, 5) is 9.81. The highest BCUT2D eigenvalue weighted by molar-refractivity contribution is 5.74. The number of carbonyl (C=O) groups is 1. The Morgan fingerprint density at radius 1 is 1.64 bits per heavy atom. The van der Waals surface area contributed by atoms with Crippen LogP contribution < -0.4 is 0 Å². The molecule has 0 rings (SSSR count). The van der Waals surface area contributed by atoms with E-state index in [0.717, 1.165) is 0 Å². The Bertz CT molecular complexity index is 89.3. The first-order chi connectivity index (χ1) is 5.04. The third-order valence-corrected chi connectivity index (χ3v) is 0.906. The van der Waals surface area contributed by atoms with Gasteiger partial charge in [-0.15, -0.1) is 0 Å². The molecule has 1 unspecified atom stereocenters. The lowest BCUT2D eigenvalue weighted by atomic mass is 10.4. The van der Waals surface area contributed by atoms with Crippen molar-refractivity contribution in [3.63, 3.8) is 0 Å². The molecule has 0 fully saturated rings. The third-order valence-electron chi connectivity index (χ3n) is 0.906. The first kappa shape index (κ1) is 13.2. The lowest BCUT2D eigenvalue weighted by Crippen LogP contribution is -2.07. The van der Waals surface area contributed by atoms with Crippen molar-refractivity contribution >= 4 is 5.78 Å². The molecule has 0 bridgehead atoms. The first-order valence-corrected chi connectivity index (χ1v) is 3.71. The molecule has 0 aliphatic carbocycles. The number of carbonyl (C=O) groups excluding carboxylic acids is 1. The van der Waals surface area contributed by atoms with E-state index in [1.54, 1.807) is 21.0 Å². The molecule has 11 heavy (non-hydrogen) atoms. The van der Waals surface area contributed by atoms with E-state index in [1.165, 1.54) is 0 Å². The average molecular weight is 162 g/mol. The molecule has 68 valence electrons. The van der Waals surface area contributed by atoms with E-state index in [1.807, 2.05) is 6.92 Å². The SMILES string of the molecule is CCC(C)=O.COCC(C)O. The highest BCUT2D eigenvalue weighted by atomic mass is 16.5. The van der Waals surface area contributed by atoms with Gasteiger partial charge in [-0.25, -0.2) is 0 Å². The monoisotopic (exact) mass is 162 g/mol. The number of methoxy groups -OCH3 is 1. The van der Waals surface area contributed by atoms with Crippen molar-refractivity contribution < 1.29 is 14.6 Å². The van der Waals surface area contributed by atoms with Crippen LogP contribution in [0.3, 0.4) is 0 Å². The Morgan fingerprint density at radius 2 is 2.00 bits per heavy atom. The van der Waals surface area contributed by atoms with E-state index in [9.17, 15) is 4.79 Å². The van der Waals surface area contributed by atoms with Gasteiger partial charge in [0.25, 0.3) is 0 Å². The molecular weight excluding hydrogens is 144 g/mol. The van der Waals surface area contributed by atoms with Gasteiger partial charge in [-0.05, 0) is 13.8 Å². The lowest BCUT2D eigenvalue weighted by molar-refractivity contribution is -0.116. The predicted molar refractivity (Wildman–Crippen MR) is 44.5 cm³/mol. The number of aliphatic hydroxyl groups is 1. The summed E-state index contributed by atoms with van der Waals surface area (Å²) >= 11 is 0.